The molecule has 1 unspecified atom stereocenters. The summed E-state index contributed by atoms with van der Waals surface area (Å²) in [6, 6.07) is 4.20. The van der Waals surface area contributed by atoms with Gasteiger partial charge in [-0.05, 0) is 30.4 Å². The molecule has 0 aromatic heterocycles. The number of fused-ring (bicyclic) bond motifs is 1. The van der Waals surface area contributed by atoms with Crippen molar-refractivity contribution in [3.05, 3.63) is 28.8 Å². The number of halogens is 1. The molecule has 84 valence electrons. The van der Waals surface area contributed by atoms with E-state index in [0.717, 1.165) is 36.8 Å². The first-order valence-electron chi connectivity index (χ1n) is 5.33. The quantitative estimate of drug-likeness (QED) is 0.816. The number of hydrogen-bond donors (Lipinski definition) is 2. The number of phenolic OH excluding ortho intramolecular Hbond substituents is 1. The van der Waals surface area contributed by atoms with Crippen molar-refractivity contribution in [3.63, 3.8) is 0 Å². The van der Waals surface area contributed by atoms with E-state index in [9.17, 15) is 5.11 Å². The number of aryl methyl sites for hydroxylation is 2. The van der Waals surface area contributed by atoms with Gasteiger partial charge in [0.05, 0.1) is 0 Å². The van der Waals surface area contributed by atoms with E-state index in [-0.39, 0.29) is 18.4 Å². The summed E-state index contributed by atoms with van der Waals surface area (Å²) < 4.78 is 0. The Morgan fingerprint density at radius 2 is 2.20 bits per heavy atom. The third-order valence-corrected chi connectivity index (χ3v) is 3.01. The van der Waals surface area contributed by atoms with Crippen LogP contribution in [0, 0.1) is 0 Å². The smallest absolute Gasteiger partial charge is 0.123 e. The van der Waals surface area contributed by atoms with Gasteiger partial charge in [-0.2, -0.15) is 0 Å². The molecule has 0 bridgehead atoms. The molecule has 1 aliphatic carbocycles. The van der Waals surface area contributed by atoms with Gasteiger partial charge in [0.2, 0.25) is 0 Å². The van der Waals surface area contributed by atoms with Crippen molar-refractivity contribution >= 4 is 12.4 Å². The Bertz CT molecular complexity index is 352. The van der Waals surface area contributed by atoms with Crippen LogP contribution in [0.4, 0.5) is 0 Å². The summed E-state index contributed by atoms with van der Waals surface area (Å²) in [5.41, 5.74) is 9.22. The van der Waals surface area contributed by atoms with Gasteiger partial charge in [-0.25, -0.2) is 0 Å². The lowest BCUT2D eigenvalue weighted by Crippen LogP contribution is -2.06. The second-order valence-electron chi connectivity index (χ2n) is 4.04. The fraction of sp³-hybridized carbons (Fsp3) is 0.500. The Labute approximate surface area is 96.9 Å². The van der Waals surface area contributed by atoms with Crippen LogP contribution in [-0.2, 0) is 12.8 Å². The zero-order valence-electron chi connectivity index (χ0n) is 8.99. The highest BCUT2D eigenvalue weighted by Gasteiger charge is 2.23. The van der Waals surface area contributed by atoms with Gasteiger partial charge in [-0.1, -0.05) is 25.5 Å². The molecular weight excluding hydrogens is 210 g/mol. The molecule has 3 N–H and O–H groups in total. The fourth-order valence-electron chi connectivity index (χ4n) is 2.25. The van der Waals surface area contributed by atoms with Crippen molar-refractivity contribution in [2.45, 2.75) is 38.6 Å². The van der Waals surface area contributed by atoms with Gasteiger partial charge >= 0.3 is 0 Å². The van der Waals surface area contributed by atoms with Crippen LogP contribution >= 0.6 is 12.4 Å². The van der Waals surface area contributed by atoms with Crippen LogP contribution in [0.1, 0.15) is 42.5 Å². The van der Waals surface area contributed by atoms with Crippen LogP contribution in [0.2, 0.25) is 0 Å². The van der Waals surface area contributed by atoms with Crippen LogP contribution in [0.15, 0.2) is 12.1 Å². The largest absolute Gasteiger partial charge is 0.507 e. The Morgan fingerprint density at radius 3 is 2.87 bits per heavy atom. The summed E-state index contributed by atoms with van der Waals surface area (Å²) >= 11 is 0. The first-order chi connectivity index (χ1) is 6.74. The van der Waals surface area contributed by atoms with Gasteiger partial charge in [0.15, 0.2) is 0 Å². The molecule has 3 heteroatoms. The number of benzene rings is 1. The van der Waals surface area contributed by atoms with Crippen molar-refractivity contribution in [2.24, 2.45) is 5.73 Å². The average Bonchev–Trinajstić information content (AvgIpc) is 2.54. The topological polar surface area (TPSA) is 46.2 Å². The van der Waals surface area contributed by atoms with E-state index >= 15 is 0 Å². The molecule has 0 saturated heterocycles. The van der Waals surface area contributed by atoms with E-state index in [4.69, 9.17) is 5.73 Å². The number of hydrogen-bond acceptors (Lipinski definition) is 2. The number of aromatic hydroxyl groups is 1. The third-order valence-electron chi connectivity index (χ3n) is 3.01. The summed E-state index contributed by atoms with van der Waals surface area (Å²) in [7, 11) is 0. The maximum absolute atomic E-state index is 10.0. The summed E-state index contributed by atoms with van der Waals surface area (Å²) in [5, 5.41) is 10.0. The number of nitrogens with two attached hydrogens (primary N) is 1. The monoisotopic (exact) mass is 227 g/mol. The molecule has 0 fully saturated rings. The normalized spacial score (nSPS) is 18.4. The van der Waals surface area contributed by atoms with E-state index < -0.39 is 0 Å². The summed E-state index contributed by atoms with van der Waals surface area (Å²) in [6.07, 6.45) is 3.97. The molecular formula is C12H18ClNO. The second kappa shape index (κ2) is 4.86. The van der Waals surface area contributed by atoms with E-state index in [1.165, 1.54) is 5.56 Å². The molecule has 0 saturated carbocycles. The lowest BCUT2D eigenvalue weighted by atomic mass is 10.00. The summed E-state index contributed by atoms with van der Waals surface area (Å²) in [4.78, 5) is 0. The molecule has 1 aliphatic rings. The second-order valence-corrected chi connectivity index (χ2v) is 4.04. The lowest BCUT2D eigenvalue weighted by molar-refractivity contribution is 0.456. The van der Waals surface area contributed by atoms with Crippen molar-refractivity contribution in [1.29, 1.82) is 0 Å². The molecule has 0 spiro atoms. The average molecular weight is 228 g/mol. The van der Waals surface area contributed by atoms with Crippen LogP contribution in [0.5, 0.6) is 5.75 Å². The van der Waals surface area contributed by atoms with Crippen LogP contribution in [0.3, 0.4) is 0 Å². The van der Waals surface area contributed by atoms with Crippen molar-refractivity contribution in [1.82, 2.24) is 0 Å². The highest BCUT2D eigenvalue weighted by Crippen LogP contribution is 2.38. The minimum absolute atomic E-state index is 0. The van der Waals surface area contributed by atoms with Crippen molar-refractivity contribution in [3.8, 4) is 5.75 Å². The lowest BCUT2D eigenvalue weighted by Gasteiger charge is -2.11. The zero-order chi connectivity index (χ0) is 10.1. The number of phenols is 1. The Kier molecular flexibility index (Phi) is 4.00. The van der Waals surface area contributed by atoms with Crippen LogP contribution < -0.4 is 5.73 Å². The molecule has 0 amide bonds. The highest BCUT2D eigenvalue weighted by atomic mass is 35.5. The maximum atomic E-state index is 10.0. The van der Waals surface area contributed by atoms with Gasteiger partial charge in [-0.3, -0.25) is 0 Å². The first-order valence-corrected chi connectivity index (χ1v) is 5.33. The molecule has 15 heavy (non-hydrogen) atoms. The van der Waals surface area contributed by atoms with Gasteiger partial charge in [-0.15, -0.1) is 12.4 Å². The Morgan fingerprint density at radius 1 is 1.47 bits per heavy atom. The van der Waals surface area contributed by atoms with Crippen LogP contribution in [-0.4, -0.2) is 5.11 Å². The van der Waals surface area contributed by atoms with E-state index in [0.29, 0.717) is 5.75 Å². The minimum Gasteiger partial charge on any atom is -0.507 e. The van der Waals surface area contributed by atoms with Crippen LogP contribution in [0.25, 0.3) is 0 Å². The minimum atomic E-state index is 0. The predicted octanol–water partition coefficient (Wildman–Crippen LogP) is 2.71. The van der Waals surface area contributed by atoms with E-state index in [1.807, 2.05) is 6.07 Å². The van der Waals surface area contributed by atoms with Gasteiger partial charge in [0.25, 0.3) is 0 Å². The van der Waals surface area contributed by atoms with Crippen molar-refractivity contribution < 1.29 is 5.11 Å². The molecule has 1 aromatic carbocycles. The van der Waals surface area contributed by atoms with Crippen molar-refractivity contribution in [2.75, 3.05) is 0 Å². The van der Waals surface area contributed by atoms with Gasteiger partial charge < -0.3 is 10.8 Å². The molecule has 2 rings (SSSR count). The molecule has 0 heterocycles. The molecule has 2 nitrogen and oxygen atoms in total. The summed E-state index contributed by atoms with van der Waals surface area (Å²) in [6.45, 7) is 2.12. The Balaban J connectivity index is 0.00000112. The first kappa shape index (κ1) is 12.3. The zero-order valence-corrected chi connectivity index (χ0v) is 9.81. The molecule has 1 atom stereocenters. The van der Waals surface area contributed by atoms with E-state index in [1.54, 1.807) is 0 Å². The maximum Gasteiger partial charge on any atom is 0.123 e. The summed E-state index contributed by atoms with van der Waals surface area (Å²) in [5.74, 6) is 0.453. The molecule has 1 aromatic rings. The van der Waals surface area contributed by atoms with Gasteiger partial charge in [0, 0.05) is 11.6 Å². The Hall–Kier alpha value is -0.730. The van der Waals surface area contributed by atoms with Gasteiger partial charge in [0.1, 0.15) is 5.75 Å². The SMILES string of the molecule is CCCc1ccc2c(c1O)C(N)CC2.Cl. The molecule has 0 radical (unpaired) electrons. The number of rotatable bonds is 2. The standard InChI is InChI=1S/C12H17NO.ClH/c1-2-3-9-5-4-8-6-7-10(13)11(8)12(9)14;/h4-5,10,14H,2-3,6-7,13H2,1H3;1H. The molecule has 0 aliphatic heterocycles. The van der Waals surface area contributed by atoms with E-state index in [2.05, 4.69) is 13.0 Å². The highest BCUT2D eigenvalue weighted by molar-refractivity contribution is 5.85. The third kappa shape index (κ3) is 2.11. The predicted molar refractivity (Wildman–Crippen MR) is 64.6 cm³/mol. The fourth-order valence-corrected chi connectivity index (χ4v) is 2.25.